The molecule has 0 fully saturated rings. The van der Waals surface area contributed by atoms with Crippen LogP contribution in [0.3, 0.4) is 0 Å². The minimum Gasteiger partial charge on any atom is -0.329 e. The van der Waals surface area contributed by atoms with Crippen LogP contribution < -0.4 is 0 Å². The highest BCUT2D eigenvalue weighted by Crippen LogP contribution is 2.08. The van der Waals surface area contributed by atoms with E-state index >= 15 is 0 Å². The number of imidazole rings is 1. The molecular formula is C8H11ClN2. The summed E-state index contributed by atoms with van der Waals surface area (Å²) in [4.78, 5) is 4.13. The van der Waals surface area contributed by atoms with Crippen LogP contribution in [0, 0.1) is 13.8 Å². The van der Waals surface area contributed by atoms with Crippen LogP contribution >= 0.6 is 11.6 Å². The maximum Gasteiger partial charge on any atom is 0.0954 e. The number of allylic oxidation sites excluding steroid dienone is 1. The lowest BCUT2D eigenvalue weighted by atomic mass is 10.4. The first-order valence-electron chi connectivity index (χ1n) is 3.43. The normalized spacial score (nSPS) is 10.1. The Balaban J connectivity index is 2.87. The first-order valence-corrected chi connectivity index (χ1v) is 3.80. The maximum atomic E-state index is 5.65. The van der Waals surface area contributed by atoms with E-state index in [1.807, 2.05) is 18.4 Å². The van der Waals surface area contributed by atoms with Crippen LogP contribution in [0.5, 0.6) is 0 Å². The number of halogens is 1. The number of hydrogen-bond acceptors (Lipinski definition) is 1. The fourth-order valence-electron chi connectivity index (χ4n) is 0.888. The number of aryl methyl sites for hydroxylation is 1. The average molecular weight is 171 g/mol. The number of rotatable bonds is 2. The number of nitrogens with zero attached hydrogens (tertiary/aromatic N) is 2. The third-order valence-electron chi connectivity index (χ3n) is 1.69. The molecule has 1 aromatic heterocycles. The van der Waals surface area contributed by atoms with Gasteiger partial charge in [0.1, 0.15) is 0 Å². The quantitative estimate of drug-likeness (QED) is 0.666. The summed E-state index contributed by atoms with van der Waals surface area (Å²) in [6, 6.07) is 0. The molecule has 3 heteroatoms. The van der Waals surface area contributed by atoms with E-state index in [9.17, 15) is 0 Å². The van der Waals surface area contributed by atoms with Crippen LogP contribution in [-0.4, -0.2) is 9.55 Å². The molecule has 0 aliphatic heterocycles. The molecule has 0 unspecified atom stereocenters. The van der Waals surface area contributed by atoms with Gasteiger partial charge in [-0.2, -0.15) is 0 Å². The average Bonchev–Trinajstić information content (AvgIpc) is 2.18. The molecule has 0 bridgehead atoms. The molecule has 0 aromatic carbocycles. The molecule has 0 N–H and O–H groups in total. The second-order valence-electron chi connectivity index (χ2n) is 2.56. The van der Waals surface area contributed by atoms with Crippen molar-refractivity contribution in [2.75, 3.05) is 0 Å². The van der Waals surface area contributed by atoms with Gasteiger partial charge in [0.2, 0.25) is 0 Å². The van der Waals surface area contributed by atoms with Crippen LogP contribution in [0.2, 0.25) is 0 Å². The maximum absolute atomic E-state index is 5.65. The summed E-state index contributed by atoms with van der Waals surface area (Å²) >= 11 is 5.65. The molecule has 1 aromatic rings. The van der Waals surface area contributed by atoms with Gasteiger partial charge >= 0.3 is 0 Å². The first-order chi connectivity index (χ1) is 5.11. The summed E-state index contributed by atoms with van der Waals surface area (Å²) in [5.74, 6) is 0. The fourth-order valence-corrected chi connectivity index (χ4v) is 1.02. The largest absolute Gasteiger partial charge is 0.329 e. The van der Waals surface area contributed by atoms with Gasteiger partial charge in [-0.25, -0.2) is 4.98 Å². The van der Waals surface area contributed by atoms with E-state index in [0.717, 1.165) is 11.4 Å². The van der Waals surface area contributed by atoms with Crippen LogP contribution in [-0.2, 0) is 6.54 Å². The molecule has 0 saturated carbocycles. The van der Waals surface area contributed by atoms with Crippen LogP contribution in [0.1, 0.15) is 11.4 Å². The van der Waals surface area contributed by atoms with E-state index in [1.165, 1.54) is 0 Å². The topological polar surface area (TPSA) is 17.8 Å². The van der Waals surface area contributed by atoms with Crippen molar-refractivity contribution in [3.8, 4) is 0 Å². The molecule has 60 valence electrons. The van der Waals surface area contributed by atoms with E-state index in [4.69, 9.17) is 11.6 Å². The van der Waals surface area contributed by atoms with E-state index in [-0.39, 0.29) is 0 Å². The molecule has 0 saturated heterocycles. The summed E-state index contributed by atoms with van der Waals surface area (Å²) in [5, 5.41) is 0.630. The minimum absolute atomic E-state index is 0.630. The molecule has 0 spiro atoms. The molecule has 1 rings (SSSR count). The van der Waals surface area contributed by atoms with Crippen LogP contribution in [0.4, 0.5) is 0 Å². The predicted octanol–water partition coefficient (Wildman–Crippen LogP) is 2.25. The SMILES string of the molecule is C=C(Cl)Cn1cnc(C)c1C. The second kappa shape index (κ2) is 3.09. The van der Waals surface area contributed by atoms with Crippen molar-refractivity contribution >= 4 is 11.6 Å². The highest BCUT2D eigenvalue weighted by atomic mass is 35.5. The van der Waals surface area contributed by atoms with Gasteiger partial charge in [-0.1, -0.05) is 18.2 Å². The Kier molecular flexibility index (Phi) is 2.35. The Morgan fingerprint density at radius 3 is 2.73 bits per heavy atom. The molecular weight excluding hydrogens is 160 g/mol. The Morgan fingerprint density at radius 2 is 2.36 bits per heavy atom. The lowest BCUT2D eigenvalue weighted by molar-refractivity contribution is 0.781. The number of aromatic nitrogens is 2. The zero-order valence-corrected chi connectivity index (χ0v) is 7.52. The van der Waals surface area contributed by atoms with Gasteiger partial charge in [-0.05, 0) is 13.8 Å². The van der Waals surface area contributed by atoms with E-state index in [0.29, 0.717) is 11.6 Å². The van der Waals surface area contributed by atoms with Crippen molar-refractivity contribution in [1.29, 1.82) is 0 Å². The molecule has 11 heavy (non-hydrogen) atoms. The molecule has 0 aliphatic rings. The van der Waals surface area contributed by atoms with E-state index in [2.05, 4.69) is 11.6 Å². The molecule has 0 amide bonds. The first kappa shape index (κ1) is 8.34. The zero-order chi connectivity index (χ0) is 8.43. The Hall–Kier alpha value is -0.760. The van der Waals surface area contributed by atoms with Gasteiger partial charge in [0, 0.05) is 10.7 Å². The molecule has 1 heterocycles. The summed E-state index contributed by atoms with van der Waals surface area (Å²) in [5.41, 5.74) is 2.19. The third kappa shape index (κ3) is 1.84. The van der Waals surface area contributed by atoms with E-state index in [1.54, 1.807) is 6.33 Å². The Bertz CT molecular complexity index is 276. The molecule has 0 atom stereocenters. The van der Waals surface area contributed by atoms with Crippen LogP contribution in [0.15, 0.2) is 17.9 Å². The van der Waals surface area contributed by atoms with E-state index < -0.39 is 0 Å². The third-order valence-corrected chi connectivity index (χ3v) is 1.81. The van der Waals surface area contributed by atoms with Crippen LogP contribution in [0.25, 0.3) is 0 Å². The second-order valence-corrected chi connectivity index (χ2v) is 3.10. The highest BCUT2D eigenvalue weighted by Gasteiger charge is 2.00. The number of hydrogen-bond donors (Lipinski definition) is 0. The highest BCUT2D eigenvalue weighted by molar-refractivity contribution is 6.29. The van der Waals surface area contributed by atoms with Crippen molar-refractivity contribution < 1.29 is 0 Å². The molecule has 0 radical (unpaired) electrons. The summed E-state index contributed by atoms with van der Waals surface area (Å²) in [6.45, 7) is 8.26. The van der Waals surface area contributed by atoms with Crippen molar-refractivity contribution in [2.45, 2.75) is 20.4 Å². The zero-order valence-electron chi connectivity index (χ0n) is 6.76. The van der Waals surface area contributed by atoms with Gasteiger partial charge in [0.15, 0.2) is 0 Å². The van der Waals surface area contributed by atoms with Crippen molar-refractivity contribution in [3.63, 3.8) is 0 Å². The van der Waals surface area contributed by atoms with Gasteiger partial charge < -0.3 is 4.57 Å². The molecule has 2 nitrogen and oxygen atoms in total. The van der Waals surface area contributed by atoms with Crippen molar-refractivity contribution in [2.24, 2.45) is 0 Å². The molecule has 0 aliphatic carbocycles. The minimum atomic E-state index is 0.630. The van der Waals surface area contributed by atoms with Gasteiger partial charge in [0.05, 0.1) is 18.6 Å². The van der Waals surface area contributed by atoms with Crippen molar-refractivity contribution in [1.82, 2.24) is 9.55 Å². The summed E-state index contributed by atoms with van der Waals surface area (Å²) in [7, 11) is 0. The van der Waals surface area contributed by atoms with Gasteiger partial charge in [-0.3, -0.25) is 0 Å². The smallest absolute Gasteiger partial charge is 0.0954 e. The lowest BCUT2D eigenvalue weighted by Crippen LogP contribution is -1.97. The van der Waals surface area contributed by atoms with Gasteiger partial charge in [0.25, 0.3) is 0 Å². The summed E-state index contributed by atoms with van der Waals surface area (Å²) in [6.07, 6.45) is 1.78. The Labute approximate surface area is 71.5 Å². The lowest BCUT2D eigenvalue weighted by Gasteiger charge is -2.01. The standard InChI is InChI=1S/C8H11ClN2/c1-6(9)4-11-5-10-7(2)8(11)3/h5H,1,4H2,2-3H3. The summed E-state index contributed by atoms with van der Waals surface area (Å²) < 4.78 is 1.98. The van der Waals surface area contributed by atoms with Gasteiger partial charge in [-0.15, -0.1) is 0 Å². The predicted molar refractivity (Wildman–Crippen MR) is 46.7 cm³/mol. The van der Waals surface area contributed by atoms with Crippen molar-refractivity contribution in [3.05, 3.63) is 29.3 Å². The fraction of sp³-hybridized carbons (Fsp3) is 0.375. The monoisotopic (exact) mass is 170 g/mol. The Morgan fingerprint density at radius 1 is 1.73 bits per heavy atom.